The molecule has 11 nitrogen and oxygen atoms in total. The highest BCUT2D eigenvalue weighted by atomic mass is 16.7. The van der Waals surface area contributed by atoms with Crippen molar-refractivity contribution in [1.29, 1.82) is 0 Å². The number of carbonyl (C=O) groups is 1. The number of nitrogens with zero attached hydrogens (tertiary/aromatic N) is 2. The third-order valence-corrected chi connectivity index (χ3v) is 3.92. The van der Waals surface area contributed by atoms with Crippen molar-refractivity contribution in [2.45, 2.75) is 57.7 Å². The van der Waals surface area contributed by atoms with Gasteiger partial charge in [-0.25, -0.2) is 19.9 Å². The van der Waals surface area contributed by atoms with E-state index in [0.29, 0.717) is 19.5 Å². The highest BCUT2D eigenvalue weighted by Gasteiger charge is 2.26. The molecule has 0 spiro atoms. The van der Waals surface area contributed by atoms with E-state index in [-0.39, 0.29) is 12.5 Å². The second-order valence-electron chi connectivity index (χ2n) is 7.89. The molecule has 11 heteroatoms. The number of hydrogen-bond donors (Lipinski definition) is 5. The predicted octanol–water partition coefficient (Wildman–Crippen LogP) is 0.514. The van der Waals surface area contributed by atoms with Crippen LogP contribution in [0.1, 0.15) is 39.2 Å². The first kappa shape index (κ1) is 25.1. The molecule has 0 aliphatic rings. The minimum atomic E-state index is -1.00. The van der Waals surface area contributed by atoms with Gasteiger partial charge in [-0.05, 0) is 64.3 Å². The number of nitrogens with one attached hydrogen (secondary N) is 2. The van der Waals surface area contributed by atoms with Gasteiger partial charge < -0.3 is 27.3 Å². The molecule has 0 saturated carbocycles. The minimum Gasteiger partial charge on any atom is -0.458 e. The van der Waals surface area contributed by atoms with Gasteiger partial charge in [0, 0.05) is 18.3 Å². The summed E-state index contributed by atoms with van der Waals surface area (Å²) in [5, 5.41) is 12.9. The van der Waals surface area contributed by atoms with Gasteiger partial charge >= 0.3 is 5.97 Å². The molecule has 0 fully saturated rings. The number of carbonyl (C=O) groups excluding carboxylic acids is 1. The standard InChI is InChI=1S/C19H33N7O4/c1-19(2,3)30-17(27)16(24-18(22)25-26(28)29)8-7-14(21)12-23-15-6-4-5-13(11-15)9-10-20/h4-6,11,14,16,23H,7-10,12,20-21H2,1-3H3,(H3,22,24,25)/t14-,16?/m0/s1. The Bertz CT molecular complexity index is 734. The second kappa shape index (κ2) is 11.9. The Hall–Kier alpha value is -2.92. The number of benzene rings is 1. The molecule has 168 valence electrons. The molecule has 0 aliphatic carbocycles. The van der Waals surface area contributed by atoms with Crippen molar-refractivity contribution in [1.82, 2.24) is 5.43 Å². The van der Waals surface area contributed by atoms with Crippen molar-refractivity contribution in [2.75, 3.05) is 18.4 Å². The number of nitrogens with two attached hydrogens (primary N) is 3. The summed E-state index contributed by atoms with van der Waals surface area (Å²) < 4.78 is 5.34. The number of aliphatic imine (C=N–C) groups is 1. The predicted molar refractivity (Wildman–Crippen MR) is 116 cm³/mol. The zero-order valence-electron chi connectivity index (χ0n) is 17.8. The van der Waals surface area contributed by atoms with Crippen LogP contribution in [0, 0.1) is 10.1 Å². The number of guanidine groups is 1. The van der Waals surface area contributed by atoms with Crippen LogP contribution < -0.4 is 27.9 Å². The fourth-order valence-electron chi connectivity index (χ4n) is 2.62. The number of esters is 1. The third-order valence-electron chi connectivity index (χ3n) is 3.92. The minimum absolute atomic E-state index is 0.227. The van der Waals surface area contributed by atoms with E-state index in [9.17, 15) is 14.9 Å². The molecule has 0 aromatic heterocycles. The third kappa shape index (κ3) is 10.6. The number of anilines is 1. The Morgan fingerprint density at radius 3 is 2.63 bits per heavy atom. The zero-order chi connectivity index (χ0) is 22.7. The van der Waals surface area contributed by atoms with E-state index in [1.807, 2.05) is 24.3 Å². The lowest BCUT2D eigenvalue weighted by Gasteiger charge is -2.23. The molecule has 0 bridgehead atoms. The Kier molecular flexibility index (Phi) is 9.99. The normalized spacial score (nSPS) is 14.0. The van der Waals surface area contributed by atoms with Crippen LogP contribution in [-0.4, -0.2) is 47.7 Å². The summed E-state index contributed by atoms with van der Waals surface area (Å²) in [6, 6.07) is 6.60. The lowest BCUT2D eigenvalue weighted by Crippen LogP contribution is -2.40. The smallest absolute Gasteiger partial charge is 0.331 e. The van der Waals surface area contributed by atoms with Crippen LogP contribution in [0.15, 0.2) is 29.3 Å². The van der Waals surface area contributed by atoms with E-state index in [4.69, 9.17) is 21.9 Å². The molecule has 1 aromatic rings. The Labute approximate surface area is 176 Å². The average Bonchev–Trinajstić information content (AvgIpc) is 2.62. The molecule has 0 saturated heterocycles. The van der Waals surface area contributed by atoms with Gasteiger partial charge in [-0.15, -0.1) is 0 Å². The number of nitro groups is 1. The number of rotatable bonds is 11. The van der Waals surface area contributed by atoms with Crippen LogP contribution in [0.5, 0.6) is 0 Å². The van der Waals surface area contributed by atoms with Crippen LogP contribution in [0.3, 0.4) is 0 Å². The topological polar surface area (TPSA) is 184 Å². The first-order valence-electron chi connectivity index (χ1n) is 9.76. The molecule has 0 radical (unpaired) electrons. The second-order valence-corrected chi connectivity index (χ2v) is 7.89. The van der Waals surface area contributed by atoms with E-state index < -0.39 is 28.6 Å². The monoisotopic (exact) mass is 423 g/mol. The zero-order valence-corrected chi connectivity index (χ0v) is 17.8. The van der Waals surface area contributed by atoms with E-state index in [2.05, 4.69) is 10.3 Å². The van der Waals surface area contributed by atoms with Crippen LogP contribution in [0.4, 0.5) is 5.69 Å². The van der Waals surface area contributed by atoms with Gasteiger partial charge in [0.05, 0.1) is 0 Å². The van der Waals surface area contributed by atoms with Gasteiger partial charge in [0.15, 0.2) is 11.1 Å². The van der Waals surface area contributed by atoms with Gasteiger partial charge in [0.2, 0.25) is 0 Å². The SMILES string of the molecule is CC(C)(C)OC(=O)C(CC[C@H](N)CNc1cccc(CCN)c1)N=C(N)N[N+](=O)[O-]. The van der Waals surface area contributed by atoms with E-state index in [0.717, 1.165) is 17.7 Å². The van der Waals surface area contributed by atoms with Gasteiger partial charge in [0.25, 0.3) is 5.96 Å². The van der Waals surface area contributed by atoms with Gasteiger partial charge in [-0.1, -0.05) is 17.6 Å². The largest absolute Gasteiger partial charge is 0.458 e. The quantitative estimate of drug-likeness (QED) is 0.111. The lowest BCUT2D eigenvalue weighted by atomic mass is 10.1. The summed E-state index contributed by atoms with van der Waals surface area (Å²) in [6.07, 6.45) is 1.44. The molecular weight excluding hydrogens is 390 g/mol. The Morgan fingerprint density at radius 1 is 1.33 bits per heavy atom. The van der Waals surface area contributed by atoms with E-state index >= 15 is 0 Å². The summed E-state index contributed by atoms with van der Waals surface area (Å²) in [7, 11) is 0. The van der Waals surface area contributed by atoms with E-state index in [1.165, 1.54) is 0 Å². The van der Waals surface area contributed by atoms with Crippen LogP contribution in [0.2, 0.25) is 0 Å². The van der Waals surface area contributed by atoms with Gasteiger partial charge in [-0.2, -0.15) is 0 Å². The highest BCUT2D eigenvalue weighted by Crippen LogP contribution is 2.15. The maximum atomic E-state index is 12.4. The highest BCUT2D eigenvalue weighted by molar-refractivity contribution is 5.83. The molecule has 1 unspecified atom stereocenters. The molecule has 1 aromatic carbocycles. The summed E-state index contributed by atoms with van der Waals surface area (Å²) in [5.41, 5.74) is 20.3. The first-order chi connectivity index (χ1) is 14.0. The Morgan fingerprint density at radius 2 is 2.03 bits per heavy atom. The van der Waals surface area contributed by atoms with Crippen LogP contribution >= 0.6 is 0 Å². The van der Waals surface area contributed by atoms with Crippen molar-refractivity contribution >= 4 is 17.6 Å². The van der Waals surface area contributed by atoms with Gasteiger partial charge in [-0.3, -0.25) is 0 Å². The molecule has 2 atom stereocenters. The summed E-state index contributed by atoms with van der Waals surface area (Å²) in [5.74, 6) is -1.09. The van der Waals surface area contributed by atoms with Crippen molar-refractivity contribution < 1.29 is 14.6 Å². The molecule has 0 amide bonds. The van der Waals surface area contributed by atoms with Crippen molar-refractivity contribution in [2.24, 2.45) is 22.2 Å². The Balaban J connectivity index is 2.68. The summed E-state index contributed by atoms with van der Waals surface area (Å²) >= 11 is 0. The maximum Gasteiger partial charge on any atom is 0.331 e. The molecule has 8 N–H and O–H groups in total. The number of hydrogen-bond acceptors (Lipinski definition) is 8. The van der Waals surface area contributed by atoms with Gasteiger partial charge in [0.1, 0.15) is 5.60 Å². The summed E-state index contributed by atoms with van der Waals surface area (Å²) in [6.45, 7) is 6.21. The molecule has 30 heavy (non-hydrogen) atoms. The summed E-state index contributed by atoms with van der Waals surface area (Å²) in [4.78, 5) is 26.8. The molecule has 1 rings (SSSR count). The fourth-order valence-corrected chi connectivity index (χ4v) is 2.62. The average molecular weight is 424 g/mol. The molecule has 0 heterocycles. The maximum absolute atomic E-state index is 12.4. The lowest BCUT2D eigenvalue weighted by molar-refractivity contribution is -0.525. The van der Waals surface area contributed by atoms with Crippen LogP contribution in [0.25, 0.3) is 0 Å². The number of hydrazine groups is 1. The molecule has 0 aliphatic heterocycles. The van der Waals surface area contributed by atoms with Crippen molar-refractivity contribution in [3.63, 3.8) is 0 Å². The van der Waals surface area contributed by atoms with Crippen LogP contribution in [-0.2, 0) is 16.0 Å². The molecular formula is C19H33N7O4. The van der Waals surface area contributed by atoms with Crippen molar-refractivity contribution in [3.05, 3.63) is 39.9 Å². The number of ether oxygens (including phenoxy) is 1. The first-order valence-corrected chi connectivity index (χ1v) is 9.76. The van der Waals surface area contributed by atoms with Crippen molar-refractivity contribution in [3.8, 4) is 0 Å². The fraction of sp³-hybridized carbons (Fsp3) is 0.579. The van der Waals surface area contributed by atoms with E-state index in [1.54, 1.807) is 26.2 Å².